The highest BCUT2D eigenvalue weighted by molar-refractivity contribution is 5.75. The van der Waals surface area contributed by atoms with E-state index >= 15 is 0 Å². The normalized spacial score (nSPS) is 14.6. The van der Waals surface area contributed by atoms with Gasteiger partial charge in [0.25, 0.3) is 0 Å². The van der Waals surface area contributed by atoms with E-state index in [0.29, 0.717) is 31.8 Å². The maximum Gasteiger partial charge on any atom is 0.222 e. The molecule has 0 aliphatic heterocycles. The Morgan fingerprint density at radius 3 is 2.44 bits per heavy atom. The van der Waals surface area contributed by atoms with Crippen LogP contribution in [0.1, 0.15) is 39.5 Å². The number of aliphatic hydroxyl groups excluding tert-OH is 1. The van der Waals surface area contributed by atoms with Crippen LogP contribution in [-0.4, -0.2) is 42.2 Å². The zero-order valence-electron chi connectivity index (χ0n) is 10.8. The average Bonchev–Trinajstić information content (AvgIpc) is 2.22. The van der Waals surface area contributed by atoms with Crippen molar-refractivity contribution in [2.24, 2.45) is 11.7 Å². The third-order valence-corrected chi connectivity index (χ3v) is 2.82. The number of nitrogens with zero attached hydrogens (tertiary/aromatic N) is 1. The summed E-state index contributed by atoms with van der Waals surface area (Å²) in [5.74, 6) is 0.670. The molecule has 0 aliphatic carbocycles. The summed E-state index contributed by atoms with van der Waals surface area (Å²) in [6.07, 6.45) is 2.75. The second-order valence-electron chi connectivity index (χ2n) is 4.67. The molecule has 0 heterocycles. The Balaban J connectivity index is 3.70. The van der Waals surface area contributed by atoms with E-state index in [9.17, 15) is 4.79 Å². The monoisotopic (exact) mass is 230 g/mol. The van der Waals surface area contributed by atoms with Crippen LogP contribution in [0.4, 0.5) is 0 Å². The maximum absolute atomic E-state index is 11.7. The van der Waals surface area contributed by atoms with E-state index in [4.69, 9.17) is 10.8 Å². The van der Waals surface area contributed by atoms with Gasteiger partial charge in [0.05, 0.1) is 6.10 Å². The van der Waals surface area contributed by atoms with Gasteiger partial charge in [0, 0.05) is 20.0 Å². The molecule has 1 amide bonds. The number of rotatable bonds is 8. The summed E-state index contributed by atoms with van der Waals surface area (Å²) >= 11 is 0. The molecule has 0 saturated carbocycles. The van der Waals surface area contributed by atoms with Gasteiger partial charge in [0.2, 0.25) is 5.91 Å². The molecule has 0 aromatic carbocycles. The molecule has 96 valence electrons. The molecule has 0 spiro atoms. The van der Waals surface area contributed by atoms with Crippen LogP contribution in [0.25, 0.3) is 0 Å². The van der Waals surface area contributed by atoms with E-state index in [0.717, 1.165) is 12.8 Å². The summed E-state index contributed by atoms with van der Waals surface area (Å²) in [6.45, 7) is 5.17. The van der Waals surface area contributed by atoms with Crippen LogP contribution in [0.15, 0.2) is 0 Å². The minimum absolute atomic E-state index is 0.157. The molecule has 0 aliphatic rings. The first-order valence-corrected chi connectivity index (χ1v) is 6.09. The number of hydrogen-bond donors (Lipinski definition) is 2. The van der Waals surface area contributed by atoms with Gasteiger partial charge >= 0.3 is 0 Å². The fourth-order valence-corrected chi connectivity index (χ4v) is 1.49. The van der Waals surface area contributed by atoms with Crippen LogP contribution in [0.5, 0.6) is 0 Å². The Morgan fingerprint density at radius 2 is 1.94 bits per heavy atom. The molecule has 0 aromatic rings. The van der Waals surface area contributed by atoms with Crippen molar-refractivity contribution in [1.82, 2.24) is 4.90 Å². The minimum atomic E-state index is -0.341. The quantitative estimate of drug-likeness (QED) is 0.653. The van der Waals surface area contributed by atoms with Gasteiger partial charge in [-0.25, -0.2) is 0 Å². The number of carbonyl (C=O) groups is 1. The van der Waals surface area contributed by atoms with Crippen LogP contribution in [0.2, 0.25) is 0 Å². The minimum Gasteiger partial charge on any atom is -0.393 e. The van der Waals surface area contributed by atoms with Crippen molar-refractivity contribution in [2.45, 2.75) is 45.6 Å². The van der Waals surface area contributed by atoms with E-state index in [1.54, 1.807) is 18.9 Å². The van der Waals surface area contributed by atoms with Gasteiger partial charge in [-0.15, -0.1) is 0 Å². The molecule has 4 heteroatoms. The van der Waals surface area contributed by atoms with E-state index in [1.165, 1.54) is 0 Å². The van der Waals surface area contributed by atoms with Gasteiger partial charge < -0.3 is 15.7 Å². The lowest BCUT2D eigenvalue weighted by atomic mass is 10.0. The summed E-state index contributed by atoms with van der Waals surface area (Å²) in [7, 11) is 1.79. The van der Waals surface area contributed by atoms with Crippen molar-refractivity contribution in [2.75, 3.05) is 20.1 Å². The molecule has 0 radical (unpaired) electrons. The fourth-order valence-electron chi connectivity index (χ4n) is 1.49. The fraction of sp³-hybridized carbons (Fsp3) is 0.917. The van der Waals surface area contributed by atoms with Crippen molar-refractivity contribution in [1.29, 1.82) is 0 Å². The van der Waals surface area contributed by atoms with E-state index in [1.807, 2.05) is 0 Å². The number of hydrogen-bond acceptors (Lipinski definition) is 3. The molecule has 3 N–H and O–H groups in total. The average molecular weight is 230 g/mol. The molecule has 0 bridgehead atoms. The predicted molar refractivity (Wildman–Crippen MR) is 66.0 cm³/mol. The first-order valence-electron chi connectivity index (χ1n) is 6.09. The summed E-state index contributed by atoms with van der Waals surface area (Å²) in [5.41, 5.74) is 5.45. The van der Waals surface area contributed by atoms with Gasteiger partial charge in [-0.05, 0) is 38.6 Å². The second kappa shape index (κ2) is 8.53. The SMILES string of the molecule is CC(O)CCN(C)C(=O)CCC(C)CCN. The van der Waals surface area contributed by atoms with Gasteiger partial charge in [-0.2, -0.15) is 0 Å². The number of aliphatic hydroxyl groups is 1. The first-order chi connectivity index (χ1) is 7.47. The summed E-state index contributed by atoms with van der Waals surface area (Å²) < 4.78 is 0. The van der Waals surface area contributed by atoms with Gasteiger partial charge in [-0.1, -0.05) is 6.92 Å². The van der Waals surface area contributed by atoms with Crippen LogP contribution >= 0.6 is 0 Å². The lowest BCUT2D eigenvalue weighted by Gasteiger charge is -2.19. The van der Waals surface area contributed by atoms with Gasteiger partial charge in [0.15, 0.2) is 0 Å². The smallest absolute Gasteiger partial charge is 0.222 e. The van der Waals surface area contributed by atoms with Crippen LogP contribution in [0, 0.1) is 5.92 Å². The second-order valence-corrected chi connectivity index (χ2v) is 4.67. The van der Waals surface area contributed by atoms with Gasteiger partial charge in [0.1, 0.15) is 0 Å². The van der Waals surface area contributed by atoms with E-state index < -0.39 is 0 Å². The Labute approximate surface area is 98.8 Å². The molecule has 0 rings (SSSR count). The largest absolute Gasteiger partial charge is 0.393 e. The Kier molecular flexibility index (Phi) is 8.21. The van der Waals surface area contributed by atoms with Gasteiger partial charge in [-0.3, -0.25) is 4.79 Å². The maximum atomic E-state index is 11.7. The Morgan fingerprint density at radius 1 is 1.31 bits per heavy atom. The molecular formula is C12H26N2O2. The number of nitrogens with two attached hydrogens (primary N) is 1. The molecular weight excluding hydrogens is 204 g/mol. The molecule has 4 nitrogen and oxygen atoms in total. The van der Waals surface area contributed by atoms with E-state index in [-0.39, 0.29) is 12.0 Å². The molecule has 0 saturated heterocycles. The first kappa shape index (κ1) is 15.4. The highest BCUT2D eigenvalue weighted by atomic mass is 16.3. The summed E-state index contributed by atoms with van der Waals surface area (Å²) in [5, 5.41) is 9.12. The van der Waals surface area contributed by atoms with Crippen molar-refractivity contribution in [3.8, 4) is 0 Å². The number of carbonyl (C=O) groups excluding carboxylic acids is 1. The van der Waals surface area contributed by atoms with Crippen molar-refractivity contribution >= 4 is 5.91 Å². The lowest BCUT2D eigenvalue weighted by molar-refractivity contribution is -0.130. The van der Waals surface area contributed by atoms with Crippen molar-refractivity contribution in [3.05, 3.63) is 0 Å². The zero-order chi connectivity index (χ0) is 12.6. The Hall–Kier alpha value is -0.610. The van der Waals surface area contributed by atoms with Crippen LogP contribution in [-0.2, 0) is 4.79 Å². The van der Waals surface area contributed by atoms with Crippen molar-refractivity contribution in [3.63, 3.8) is 0 Å². The topological polar surface area (TPSA) is 66.6 Å². The van der Waals surface area contributed by atoms with Crippen LogP contribution < -0.4 is 5.73 Å². The molecule has 2 unspecified atom stereocenters. The number of amides is 1. The lowest BCUT2D eigenvalue weighted by Crippen LogP contribution is -2.29. The molecule has 0 aromatic heterocycles. The molecule has 0 fully saturated rings. The molecule has 16 heavy (non-hydrogen) atoms. The summed E-state index contributed by atoms with van der Waals surface area (Å²) in [4.78, 5) is 13.4. The standard InChI is InChI=1S/C12H26N2O2/c1-10(6-8-13)4-5-12(16)14(3)9-7-11(2)15/h10-11,15H,4-9,13H2,1-3H3. The molecule has 2 atom stereocenters. The highest BCUT2D eigenvalue weighted by Crippen LogP contribution is 2.10. The van der Waals surface area contributed by atoms with Crippen molar-refractivity contribution < 1.29 is 9.90 Å². The van der Waals surface area contributed by atoms with Crippen LogP contribution in [0.3, 0.4) is 0 Å². The third-order valence-electron chi connectivity index (χ3n) is 2.82. The highest BCUT2D eigenvalue weighted by Gasteiger charge is 2.11. The third kappa shape index (κ3) is 7.65. The van der Waals surface area contributed by atoms with E-state index in [2.05, 4.69) is 6.92 Å². The Bertz CT molecular complexity index is 195. The summed E-state index contributed by atoms with van der Waals surface area (Å²) in [6, 6.07) is 0. The predicted octanol–water partition coefficient (Wildman–Crippen LogP) is 0.981. The zero-order valence-corrected chi connectivity index (χ0v) is 10.8.